The highest BCUT2D eigenvalue weighted by atomic mass is 16.7. The summed E-state index contributed by atoms with van der Waals surface area (Å²) in [7, 11) is 0. The number of hydrogen-bond donors (Lipinski definition) is 2. The fraction of sp³-hybridized carbons (Fsp3) is 0.250. The molecule has 1 fully saturated rings. The van der Waals surface area contributed by atoms with Crippen molar-refractivity contribution in [2.24, 2.45) is 5.92 Å². The normalized spacial score (nSPS) is 20.7. The first-order valence-electron chi connectivity index (χ1n) is 11.2. The van der Waals surface area contributed by atoms with Crippen LogP contribution in [0.4, 0.5) is 0 Å². The summed E-state index contributed by atoms with van der Waals surface area (Å²) in [5.41, 5.74) is 3.81. The van der Waals surface area contributed by atoms with Gasteiger partial charge in [0, 0.05) is 23.5 Å². The third kappa shape index (κ3) is 5.69. The van der Waals surface area contributed by atoms with E-state index < -0.39 is 12.3 Å². The van der Waals surface area contributed by atoms with Crippen LogP contribution in [-0.4, -0.2) is 22.8 Å². The summed E-state index contributed by atoms with van der Waals surface area (Å²) < 4.78 is 12.7. The highest BCUT2D eigenvalue weighted by molar-refractivity contribution is 5.67. The second-order valence-corrected chi connectivity index (χ2v) is 8.13. The lowest BCUT2D eigenvalue weighted by atomic mass is 9.90. The summed E-state index contributed by atoms with van der Waals surface area (Å²) in [4.78, 5) is 10.7. The van der Waals surface area contributed by atoms with Crippen LogP contribution in [0.1, 0.15) is 42.8 Å². The smallest absolute Gasteiger partial charge is 0.303 e. The zero-order chi connectivity index (χ0) is 23.0. The molecule has 5 nitrogen and oxygen atoms in total. The van der Waals surface area contributed by atoms with Gasteiger partial charge in [-0.3, -0.25) is 4.79 Å². The van der Waals surface area contributed by atoms with Crippen LogP contribution in [-0.2, 0) is 14.3 Å². The van der Waals surface area contributed by atoms with Gasteiger partial charge in [-0.1, -0.05) is 84.9 Å². The van der Waals surface area contributed by atoms with Gasteiger partial charge in [0.15, 0.2) is 6.29 Å². The monoisotopic (exact) mass is 444 g/mol. The lowest BCUT2D eigenvalue weighted by Crippen LogP contribution is -2.30. The number of para-hydroxylation sites is 1. The second-order valence-electron chi connectivity index (χ2n) is 8.13. The van der Waals surface area contributed by atoms with Crippen molar-refractivity contribution in [3.8, 4) is 16.9 Å². The number of aromatic hydroxyl groups is 1. The van der Waals surface area contributed by atoms with Gasteiger partial charge in [-0.2, -0.15) is 0 Å². The molecule has 4 rings (SSSR count). The maximum absolute atomic E-state index is 10.7. The third-order valence-electron chi connectivity index (χ3n) is 5.83. The van der Waals surface area contributed by atoms with E-state index >= 15 is 0 Å². The van der Waals surface area contributed by atoms with E-state index in [4.69, 9.17) is 14.6 Å². The number of phenols is 1. The molecule has 0 aromatic heterocycles. The van der Waals surface area contributed by atoms with Gasteiger partial charge in [0.05, 0.1) is 12.7 Å². The molecule has 3 unspecified atom stereocenters. The SMILES string of the molecule is O=C(O)CCC=CCC1COC(c2ccccc2-c2ccccc2)OC1c1ccccc1O. The van der Waals surface area contributed by atoms with Crippen molar-refractivity contribution >= 4 is 5.97 Å². The van der Waals surface area contributed by atoms with Crippen LogP contribution < -0.4 is 0 Å². The Labute approximate surface area is 193 Å². The lowest BCUT2D eigenvalue weighted by Gasteiger charge is -2.37. The summed E-state index contributed by atoms with van der Waals surface area (Å²) >= 11 is 0. The number of carboxylic acid groups (broad SMARTS) is 1. The molecule has 3 aromatic rings. The number of phenolic OH excluding ortho intramolecular Hbond substituents is 1. The van der Waals surface area contributed by atoms with Crippen LogP contribution in [0, 0.1) is 5.92 Å². The van der Waals surface area contributed by atoms with Gasteiger partial charge in [0.25, 0.3) is 0 Å². The molecule has 1 aliphatic rings. The molecule has 1 saturated heterocycles. The van der Waals surface area contributed by atoms with Gasteiger partial charge in [-0.15, -0.1) is 0 Å². The number of hydrogen-bond acceptors (Lipinski definition) is 4. The minimum absolute atomic E-state index is 0.0143. The van der Waals surface area contributed by atoms with Crippen LogP contribution in [0.2, 0.25) is 0 Å². The van der Waals surface area contributed by atoms with Crippen LogP contribution in [0.3, 0.4) is 0 Å². The van der Waals surface area contributed by atoms with E-state index in [0.717, 1.165) is 22.3 Å². The molecular formula is C28H28O5. The van der Waals surface area contributed by atoms with E-state index in [0.29, 0.717) is 19.4 Å². The standard InChI is InChI=1S/C28H28O5/c29-25-17-10-9-16-24(25)27-21(13-5-2-6-18-26(30)31)19-32-28(33-27)23-15-8-7-14-22(23)20-11-3-1-4-12-20/h1-5,7-12,14-17,21,27-29H,6,13,18-19H2,(H,30,31). The first-order valence-corrected chi connectivity index (χ1v) is 11.2. The van der Waals surface area contributed by atoms with Crippen molar-refractivity contribution in [2.45, 2.75) is 31.7 Å². The molecule has 1 heterocycles. The van der Waals surface area contributed by atoms with E-state index in [-0.39, 0.29) is 24.2 Å². The van der Waals surface area contributed by atoms with Crippen LogP contribution in [0.5, 0.6) is 5.75 Å². The van der Waals surface area contributed by atoms with E-state index in [1.807, 2.05) is 60.7 Å². The third-order valence-corrected chi connectivity index (χ3v) is 5.83. The Bertz CT molecular complexity index is 1090. The summed E-state index contributed by atoms with van der Waals surface area (Å²) in [5, 5.41) is 19.4. The van der Waals surface area contributed by atoms with Gasteiger partial charge < -0.3 is 19.7 Å². The number of rotatable bonds is 8. The molecule has 1 aliphatic heterocycles. The first kappa shape index (κ1) is 22.8. The Balaban J connectivity index is 1.59. The minimum Gasteiger partial charge on any atom is -0.508 e. The van der Waals surface area contributed by atoms with Crippen LogP contribution in [0.15, 0.2) is 91.0 Å². The number of allylic oxidation sites excluding steroid dienone is 2. The molecule has 0 spiro atoms. The number of ether oxygens (including phenoxy) is 2. The van der Waals surface area contributed by atoms with Crippen molar-refractivity contribution in [1.29, 1.82) is 0 Å². The molecule has 3 aromatic carbocycles. The molecule has 0 saturated carbocycles. The van der Waals surface area contributed by atoms with Gasteiger partial charge in [-0.25, -0.2) is 0 Å². The van der Waals surface area contributed by atoms with Crippen molar-refractivity contribution in [3.63, 3.8) is 0 Å². The molecule has 0 radical (unpaired) electrons. The Morgan fingerprint density at radius 1 is 0.909 bits per heavy atom. The van der Waals surface area contributed by atoms with Crippen molar-refractivity contribution < 1.29 is 24.5 Å². The van der Waals surface area contributed by atoms with Gasteiger partial charge >= 0.3 is 5.97 Å². The van der Waals surface area contributed by atoms with Crippen molar-refractivity contribution in [2.75, 3.05) is 6.61 Å². The minimum atomic E-state index is -0.809. The zero-order valence-electron chi connectivity index (χ0n) is 18.3. The fourth-order valence-electron chi connectivity index (χ4n) is 4.17. The van der Waals surface area contributed by atoms with E-state index in [1.165, 1.54) is 0 Å². The highest BCUT2D eigenvalue weighted by Crippen LogP contribution is 2.44. The average Bonchev–Trinajstić information content (AvgIpc) is 2.85. The predicted octanol–water partition coefficient (Wildman–Crippen LogP) is 6.27. The Kier molecular flexibility index (Phi) is 7.55. The Morgan fingerprint density at radius 2 is 1.61 bits per heavy atom. The maximum atomic E-state index is 10.7. The molecule has 0 bridgehead atoms. The number of carboxylic acids is 1. The number of benzene rings is 3. The highest BCUT2D eigenvalue weighted by Gasteiger charge is 2.35. The first-order chi connectivity index (χ1) is 16.1. The topological polar surface area (TPSA) is 76.0 Å². The lowest BCUT2D eigenvalue weighted by molar-refractivity contribution is -0.243. The second kappa shape index (κ2) is 10.9. The molecule has 5 heteroatoms. The number of aliphatic carboxylic acids is 1. The molecular weight excluding hydrogens is 416 g/mol. The predicted molar refractivity (Wildman–Crippen MR) is 127 cm³/mol. The molecule has 33 heavy (non-hydrogen) atoms. The number of carbonyl (C=O) groups is 1. The average molecular weight is 445 g/mol. The van der Waals surface area contributed by atoms with Crippen molar-refractivity contribution in [1.82, 2.24) is 0 Å². The van der Waals surface area contributed by atoms with E-state index in [2.05, 4.69) is 18.2 Å². The van der Waals surface area contributed by atoms with Gasteiger partial charge in [0.2, 0.25) is 0 Å². The molecule has 170 valence electrons. The maximum Gasteiger partial charge on any atom is 0.303 e. The zero-order valence-corrected chi connectivity index (χ0v) is 18.3. The van der Waals surface area contributed by atoms with Gasteiger partial charge in [0.1, 0.15) is 5.75 Å². The van der Waals surface area contributed by atoms with E-state index in [9.17, 15) is 9.90 Å². The van der Waals surface area contributed by atoms with Crippen LogP contribution >= 0.6 is 0 Å². The summed E-state index contributed by atoms with van der Waals surface area (Å²) in [6.45, 7) is 0.454. The Hall–Kier alpha value is -3.41. The molecule has 0 aliphatic carbocycles. The molecule has 3 atom stereocenters. The summed E-state index contributed by atoms with van der Waals surface area (Å²) in [5.74, 6) is -0.630. The van der Waals surface area contributed by atoms with Gasteiger partial charge in [-0.05, 0) is 30.0 Å². The molecule has 2 N–H and O–H groups in total. The largest absolute Gasteiger partial charge is 0.508 e. The van der Waals surface area contributed by atoms with Crippen LogP contribution in [0.25, 0.3) is 11.1 Å². The summed E-state index contributed by atoms with van der Waals surface area (Å²) in [6, 6.07) is 25.4. The summed E-state index contributed by atoms with van der Waals surface area (Å²) in [6.07, 6.45) is 4.17. The quantitative estimate of drug-likeness (QED) is 0.400. The molecule has 0 amide bonds. The fourth-order valence-corrected chi connectivity index (χ4v) is 4.17. The van der Waals surface area contributed by atoms with E-state index in [1.54, 1.807) is 12.1 Å². The van der Waals surface area contributed by atoms with Crippen molar-refractivity contribution in [3.05, 3.63) is 102 Å². The Morgan fingerprint density at radius 3 is 2.36 bits per heavy atom.